The second-order valence-electron chi connectivity index (χ2n) is 7.05. The molecule has 158 valence electrons. The first-order valence-corrected chi connectivity index (χ1v) is 11.0. The number of hydrogen-bond donors (Lipinski definition) is 2. The number of benzene rings is 1. The number of halogens is 3. The maximum absolute atomic E-state index is 12.5. The Morgan fingerprint density at radius 3 is 2.64 bits per heavy atom. The van der Waals surface area contributed by atoms with Gasteiger partial charge in [-0.2, -0.15) is 13.2 Å². The van der Waals surface area contributed by atoms with E-state index in [2.05, 4.69) is 15.6 Å². The number of alkyl halides is 3. The number of rotatable bonds is 6. The summed E-state index contributed by atoms with van der Waals surface area (Å²) in [6, 6.07) is 4.97. The smallest absolute Gasteiger partial charge is 0.357 e. The number of likely N-dealkylation sites (tertiary alicyclic amines) is 1. The van der Waals surface area contributed by atoms with E-state index in [9.17, 15) is 21.6 Å². The van der Waals surface area contributed by atoms with Crippen LogP contribution < -0.4 is 10.6 Å². The molecule has 1 aromatic carbocycles. The number of nitrogens with one attached hydrogen (secondary N) is 2. The van der Waals surface area contributed by atoms with Crippen molar-refractivity contribution in [2.45, 2.75) is 43.9 Å². The lowest BCUT2D eigenvalue weighted by atomic mass is 10.1. The Balaban J connectivity index is 2.00. The number of sulfone groups is 1. The Bertz CT molecular complexity index is 810. The van der Waals surface area contributed by atoms with Gasteiger partial charge < -0.3 is 10.6 Å². The van der Waals surface area contributed by atoms with Gasteiger partial charge in [0.05, 0.1) is 18.0 Å². The lowest BCUT2D eigenvalue weighted by Gasteiger charge is -2.19. The van der Waals surface area contributed by atoms with Gasteiger partial charge in [-0.3, -0.25) is 4.90 Å². The zero-order chi connectivity index (χ0) is 20.9. The summed E-state index contributed by atoms with van der Waals surface area (Å²) in [4.78, 5) is 6.16. The third-order valence-corrected chi connectivity index (χ3v) is 5.68. The fraction of sp³-hybridized carbons (Fsp3) is 0.611. The molecule has 1 heterocycles. The van der Waals surface area contributed by atoms with Crippen molar-refractivity contribution in [3.8, 4) is 0 Å². The van der Waals surface area contributed by atoms with Gasteiger partial charge in [0.15, 0.2) is 15.8 Å². The molecule has 28 heavy (non-hydrogen) atoms. The quantitative estimate of drug-likeness (QED) is 0.545. The molecular formula is C18H27F3N4O2S. The molecule has 0 aromatic heterocycles. The molecule has 6 nitrogen and oxygen atoms in total. The Morgan fingerprint density at radius 1 is 1.36 bits per heavy atom. The van der Waals surface area contributed by atoms with E-state index in [1.165, 1.54) is 11.2 Å². The Hall–Kier alpha value is -1.81. The number of guanidine groups is 1. The van der Waals surface area contributed by atoms with Crippen LogP contribution in [0.4, 0.5) is 13.2 Å². The van der Waals surface area contributed by atoms with E-state index in [1.54, 1.807) is 25.1 Å². The minimum atomic E-state index is -4.19. The zero-order valence-corrected chi connectivity index (χ0v) is 17.1. The maximum Gasteiger partial charge on any atom is 0.401 e. The van der Waals surface area contributed by atoms with Gasteiger partial charge in [-0.05, 0) is 37.5 Å². The number of nitrogens with zero attached hydrogens (tertiary/aromatic N) is 2. The zero-order valence-electron chi connectivity index (χ0n) is 16.3. The fourth-order valence-corrected chi connectivity index (χ4v) is 4.22. The lowest BCUT2D eigenvalue weighted by molar-refractivity contribution is -0.143. The van der Waals surface area contributed by atoms with Gasteiger partial charge in [-0.1, -0.05) is 12.1 Å². The summed E-state index contributed by atoms with van der Waals surface area (Å²) < 4.78 is 61.0. The van der Waals surface area contributed by atoms with Gasteiger partial charge in [0, 0.05) is 31.9 Å². The molecule has 1 aromatic rings. The van der Waals surface area contributed by atoms with Crippen LogP contribution in [0.1, 0.15) is 24.5 Å². The van der Waals surface area contributed by atoms with Crippen molar-refractivity contribution in [1.82, 2.24) is 15.5 Å². The summed E-state index contributed by atoms with van der Waals surface area (Å²) in [7, 11) is -3.27. The van der Waals surface area contributed by atoms with Crippen molar-refractivity contribution in [2.75, 3.05) is 32.4 Å². The molecule has 2 N–H and O–H groups in total. The third kappa shape index (κ3) is 6.97. The van der Waals surface area contributed by atoms with Crippen LogP contribution >= 0.6 is 0 Å². The molecule has 1 aliphatic rings. The third-order valence-electron chi connectivity index (χ3n) is 4.42. The Labute approximate surface area is 164 Å². The van der Waals surface area contributed by atoms with Crippen LogP contribution in [0.15, 0.2) is 28.1 Å². The van der Waals surface area contributed by atoms with Crippen LogP contribution in [0.5, 0.6) is 0 Å². The predicted octanol–water partition coefficient (Wildman–Crippen LogP) is 2.09. The SMILES string of the molecule is CCNC(=NCc1ccc(S(C)(=O)=O)c(C)c1)NC1CCN(CC(F)(F)F)C1. The number of hydrogen-bond acceptors (Lipinski definition) is 4. The van der Waals surface area contributed by atoms with Crippen molar-refractivity contribution in [3.05, 3.63) is 29.3 Å². The first kappa shape index (κ1) is 22.5. The molecule has 10 heteroatoms. The predicted molar refractivity (Wildman–Crippen MR) is 103 cm³/mol. The van der Waals surface area contributed by atoms with E-state index >= 15 is 0 Å². The molecule has 0 amide bonds. The Kier molecular flexibility index (Phi) is 7.33. The van der Waals surface area contributed by atoms with Crippen LogP contribution in [-0.4, -0.2) is 63.9 Å². The molecular weight excluding hydrogens is 393 g/mol. The van der Waals surface area contributed by atoms with Gasteiger partial charge in [0.2, 0.25) is 0 Å². The van der Waals surface area contributed by atoms with Crippen LogP contribution in [-0.2, 0) is 16.4 Å². The fourth-order valence-electron chi connectivity index (χ4n) is 3.26. The molecule has 1 unspecified atom stereocenters. The maximum atomic E-state index is 12.5. The van der Waals surface area contributed by atoms with Gasteiger partial charge in [0.1, 0.15) is 0 Å². The highest BCUT2D eigenvalue weighted by Crippen LogP contribution is 2.20. The van der Waals surface area contributed by atoms with E-state index in [1.807, 2.05) is 6.92 Å². The van der Waals surface area contributed by atoms with Crippen LogP contribution in [0.2, 0.25) is 0 Å². The highest BCUT2D eigenvalue weighted by molar-refractivity contribution is 7.90. The van der Waals surface area contributed by atoms with Crippen molar-refractivity contribution < 1.29 is 21.6 Å². The van der Waals surface area contributed by atoms with Gasteiger partial charge >= 0.3 is 6.18 Å². The molecule has 0 radical (unpaired) electrons. The minimum absolute atomic E-state index is 0.102. The standard InChI is InChI=1S/C18H27F3N4O2S/c1-4-22-17(24-15-7-8-25(11-15)12-18(19,20)21)23-10-14-5-6-16(13(2)9-14)28(3,26)27/h5-6,9,15H,4,7-8,10-12H2,1-3H3,(H2,22,23,24). The average molecular weight is 421 g/mol. The molecule has 0 aliphatic carbocycles. The van der Waals surface area contributed by atoms with Crippen molar-refractivity contribution >= 4 is 15.8 Å². The average Bonchev–Trinajstić information content (AvgIpc) is 2.96. The molecule has 1 saturated heterocycles. The van der Waals surface area contributed by atoms with Gasteiger partial charge in [-0.15, -0.1) is 0 Å². The number of aliphatic imine (C=N–C) groups is 1. The Morgan fingerprint density at radius 2 is 2.07 bits per heavy atom. The molecule has 1 fully saturated rings. The topological polar surface area (TPSA) is 73.8 Å². The molecule has 0 spiro atoms. The highest BCUT2D eigenvalue weighted by atomic mass is 32.2. The van der Waals surface area contributed by atoms with E-state index in [0.29, 0.717) is 49.0 Å². The van der Waals surface area contributed by atoms with E-state index in [4.69, 9.17) is 0 Å². The van der Waals surface area contributed by atoms with Gasteiger partial charge in [-0.25, -0.2) is 13.4 Å². The summed E-state index contributed by atoms with van der Waals surface area (Å²) in [6.07, 6.45) is -2.41. The lowest BCUT2D eigenvalue weighted by Crippen LogP contribution is -2.45. The van der Waals surface area contributed by atoms with Crippen molar-refractivity contribution in [3.63, 3.8) is 0 Å². The molecule has 0 bridgehead atoms. The van der Waals surface area contributed by atoms with E-state index in [-0.39, 0.29) is 6.04 Å². The highest BCUT2D eigenvalue weighted by Gasteiger charge is 2.34. The van der Waals surface area contributed by atoms with E-state index < -0.39 is 22.6 Å². The van der Waals surface area contributed by atoms with Crippen molar-refractivity contribution in [2.24, 2.45) is 4.99 Å². The van der Waals surface area contributed by atoms with Crippen molar-refractivity contribution in [1.29, 1.82) is 0 Å². The summed E-state index contributed by atoms with van der Waals surface area (Å²) in [6.45, 7) is 4.41. The monoisotopic (exact) mass is 420 g/mol. The second kappa shape index (κ2) is 9.13. The molecule has 1 aliphatic heterocycles. The second-order valence-corrected chi connectivity index (χ2v) is 9.03. The molecule has 0 saturated carbocycles. The van der Waals surface area contributed by atoms with Crippen LogP contribution in [0.3, 0.4) is 0 Å². The molecule has 2 rings (SSSR count). The van der Waals surface area contributed by atoms with Crippen LogP contribution in [0.25, 0.3) is 0 Å². The van der Waals surface area contributed by atoms with E-state index in [0.717, 1.165) is 5.56 Å². The summed E-state index contributed by atoms with van der Waals surface area (Å²) in [5.41, 5.74) is 1.51. The normalized spacial score (nSPS) is 19.1. The summed E-state index contributed by atoms with van der Waals surface area (Å²) >= 11 is 0. The minimum Gasteiger partial charge on any atom is -0.357 e. The van der Waals surface area contributed by atoms with Crippen LogP contribution in [0, 0.1) is 6.92 Å². The summed E-state index contributed by atoms with van der Waals surface area (Å²) in [5, 5.41) is 6.28. The first-order chi connectivity index (χ1) is 13.0. The summed E-state index contributed by atoms with van der Waals surface area (Å²) in [5.74, 6) is 0.534. The molecule has 1 atom stereocenters. The van der Waals surface area contributed by atoms with Gasteiger partial charge in [0.25, 0.3) is 0 Å². The number of aryl methyl sites for hydroxylation is 1. The first-order valence-electron chi connectivity index (χ1n) is 9.11. The largest absolute Gasteiger partial charge is 0.401 e.